The van der Waals surface area contributed by atoms with Gasteiger partial charge in [-0.15, -0.1) is 0 Å². The predicted octanol–water partition coefficient (Wildman–Crippen LogP) is 6.75. The molecule has 21 heavy (non-hydrogen) atoms. The fraction of sp³-hybridized carbons (Fsp3) is 0.700. The number of halogens is 1. The van der Waals surface area contributed by atoms with Gasteiger partial charge in [0.25, 0.3) is 0 Å². The molecule has 118 valence electrons. The molecule has 0 saturated heterocycles. The molecule has 1 heteroatoms. The first-order chi connectivity index (χ1) is 9.82. The van der Waals surface area contributed by atoms with Crippen molar-refractivity contribution in [3.8, 4) is 0 Å². The van der Waals surface area contributed by atoms with Crippen molar-refractivity contribution >= 4 is 0 Å². The highest BCUT2D eigenvalue weighted by Crippen LogP contribution is 2.51. The highest BCUT2D eigenvalue weighted by atomic mass is 19.1. The minimum absolute atomic E-state index is 0.110. The normalized spacial score (nSPS) is 37.2. The molecular weight excluding hydrogens is 259 g/mol. The number of allylic oxidation sites excluding steroid dienone is 5. The van der Waals surface area contributed by atoms with E-state index in [0.717, 1.165) is 43.6 Å². The summed E-state index contributed by atoms with van der Waals surface area (Å²) >= 11 is 0. The Balaban J connectivity index is 2.31. The minimum atomic E-state index is 0.110. The summed E-state index contributed by atoms with van der Waals surface area (Å²) in [7, 11) is 0. The summed E-state index contributed by atoms with van der Waals surface area (Å²) in [5.74, 6) is 1.38. The van der Waals surface area contributed by atoms with Gasteiger partial charge in [0.1, 0.15) is 0 Å². The highest BCUT2D eigenvalue weighted by molar-refractivity contribution is 5.16. The maximum Gasteiger partial charge on any atom is 0.0991 e. The van der Waals surface area contributed by atoms with Gasteiger partial charge in [0.15, 0.2) is 0 Å². The summed E-state index contributed by atoms with van der Waals surface area (Å²) in [4.78, 5) is 0. The van der Waals surface area contributed by atoms with E-state index >= 15 is 0 Å². The molecule has 2 aliphatic rings. The van der Waals surface area contributed by atoms with Crippen molar-refractivity contribution in [3.05, 3.63) is 35.2 Å². The van der Waals surface area contributed by atoms with Crippen molar-refractivity contribution < 1.29 is 4.39 Å². The van der Waals surface area contributed by atoms with Gasteiger partial charge < -0.3 is 0 Å². The lowest BCUT2D eigenvalue weighted by molar-refractivity contribution is 0.0948. The lowest BCUT2D eigenvalue weighted by atomic mass is 9.58. The Bertz CT molecular complexity index is 464. The molecule has 1 saturated carbocycles. The summed E-state index contributed by atoms with van der Waals surface area (Å²) in [6.07, 6.45) is 9.31. The predicted molar refractivity (Wildman–Crippen MR) is 89.8 cm³/mol. The molecule has 0 spiro atoms. The average Bonchev–Trinajstić information content (AvgIpc) is 2.41. The van der Waals surface area contributed by atoms with Crippen molar-refractivity contribution in [2.24, 2.45) is 17.3 Å². The summed E-state index contributed by atoms with van der Waals surface area (Å²) in [5.41, 5.74) is 3.97. The molecule has 0 aromatic rings. The van der Waals surface area contributed by atoms with Crippen LogP contribution in [0.1, 0.15) is 72.6 Å². The van der Waals surface area contributed by atoms with Gasteiger partial charge in [0, 0.05) is 6.42 Å². The molecule has 0 aromatic carbocycles. The van der Waals surface area contributed by atoms with Crippen LogP contribution in [0.4, 0.5) is 4.39 Å². The van der Waals surface area contributed by atoms with Crippen LogP contribution in [0.2, 0.25) is 0 Å². The Morgan fingerprint density at radius 1 is 1.10 bits per heavy atom. The molecule has 0 unspecified atom stereocenters. The van der Waals surface area contributed by atoms with E-state index in [0.29, 0.717) is 12.3 Å². The molecule has 0 amide bonds. The Morgan fingerprint density at radius 2 is 1.81 bits per heavy atom. The second-order valence-corrected chi connectivity index (χ2v) is 7.78. The molecule has 1 fully saturated rings. The molecule has 0 aromatic heterocycles. The standard InChI is InChI=1S/C20H31F/c1-14-6-10-17-11-8-15(2)18(20(17,4)5)12-9-16(3)19(21)13-7-14/h6,17-18H,2,7-13H2,1,3-5H3/b14-6+,19-16-/t17-,18+/m1/s1. The molecule has 2 bridgehead atoms. The lowest BCUT2D eigenvalue weighted by Crippen LogP contribution is -2.37. The van der Waals surface area contributed by atoms with Gasteiger partial charge in [0.05, 0.1) is 5.83 Å². The topological polar surface area (TPSA) is 0 Å². The van der Waals surface area contributed by atoms with Crippen LogP contribution in [0.15, 0.2) is 35.2 Å². The summed E-state index contributed by atoms with van der Waals surface area (Å²) in [6.45, 7) is 13.3. The average molecular weight is 290 g/mol. The van der Waals surface area contributed by atoms with Crippen LogP contribution >= 0.6 is 0 Å². The summed E-state index contributed by atoms with van der Waals surface area (Å²) in [6, 6.07) is 0. The van der Waals surface area contributed by atoms with E-state index in [2.05, 4.69) is 33.4 Å². The van der Waals surface area contributed by atoms with E-state index in [-0.39, 0.29) is 11.2 Å². The molecule has 0 heterocycles. The van der Waals surface area contributed by atoms with Gasteiger partial charge in [-0.3, -0.25) is 0 Å². The highest BCUT2D eigenvalue weighted by Gasteiger charge is 2.41. The minimum Gasteiger partial charge on any atom is -0.212 e. The fourth-order valence-corrected chi connectivity index (χ4v) is 4.18. The second-order valence-electron chi connectivity index (χ2n) is 7.78. The largest absolute Gasteiger partial charge is 0.212 e. The van der Waals surface area contributed by atoms with E-state index in [4.69, 9.17) is 0 Å². The van der Waals surface area contributed by atoms with E-state index < -0.39 is 0 Å². The van der Waals surface area contributed by atoms with Crippen LogP contribution in [0, 0.1) is 17.3 Å². The van der Waals surface area contributed by atoms with Crippen LogP contribution in [0.25, 0.3) is 0 Å². The third-order valence-electron chi connectivity index (χ3n) is 6.02. The summed E-state index contributed by atoms with van der Waals surface area (Å²) < 4.78 is 14.2. The SMILES string of the molecule is C=C1CC[C@H]2C/C=C(\C)CC/C(F)=C(\C)CC[C@@H]1C2(C)C. The maximum atomic E-state index is 14.2. The maximum absolute atomic E-state index is 14.2. The molecular formula is C20H31F. The van der Waals surface area contributed by atoms with Gasteiger partial charge in [-0.05, 0) is 75.2 Å². The number of fused-ring (bicyclic) bond motifs is 2. The van der Waals surface area contributed by atoms with E-state index in [1.54, 1.807) is 0 Å². The Kier molecular flexibility index (Phi) is 5.11. The van der Waals surface area contributed by atoms with E-state index in [9.17, 15) is 4.39 Å². The molecule has 2 aliphatic carbocycles. The van der Waals surface area contributed by atoms with Crippen molar-refractivity contribution in [2.75, 3.05) is 0 Å². The monoisotopic (exact) mass is 290 g/mol. The van der Waals surface area contributed by atoms with Gasteiger partial charge >= 0.3 is 0 Å². The fourth-order valence-electron chi connectivity index (χ4n) is 4.18. The molecule has 0 radical (unpaired) electrons. The van der Waals surface area contributed by atoms with Crippen molar-refractivity contribution in [1.82, 2.24) is 0 Å². The first kappa shape index (κ1) is 16.5. The Hall–Kier alpha value is -0.850. The second kappa shape index (κ2) is 6.50. The zero-order valence-corrected chi connectivity index (χ0v) is 14.3. The Labute approximate surface area is 130 Å². The Morgan fingerprint density at radius 3 is 2.52 bits per heavy atom. The van der Waals surface area contributed by atoms with Crippen LogP contribution in [-0.4, -0.2) is 0 Å². The third kappa shape index (κ3) is 3.67. The number of hydrogen-bond acceptors (Lipinski definition) is 0. The van der Waals surface area contributed by atoms with E-state index in [1.165, 1.54) is 17.6 Å². The van der Waals surface area contributed by atoms with Crippen LogP contribution in [0.3, 0.4) is 0 Å². The quantitative estimate of drug-likeness (QED) is 0.433. The lowest BCUT2D eigenvalue weighted by Gasteiger charge is -2.47. The van der Waals surface area contributed by atoms with Crippen LogP contribution in [0.5, 0.6) is 0 Å². The number of rotatable bonds is 0. The smallest absolute Gasteiger partial charge is 0.0991 e. The number of hydrogen-bond donors (Lipinski definition) is 0. The zero-order valence-electron chi connectivity index (χ0n) is 14.3. The van der Waals surface area contributed by atoms with Crippen molar-refractivity contribution in [2.45, 2.75) is 72.6 Å². The zero-order chi connectivity index (χ0) is 15.6. The van der Waals surface area contributed by atoms with Crippen molar-refractivity contribution in [3.63, 3.8) is 0 Å². The van der Waals surface area contributed by atoms with Crippen LogP contribution in [-0.2, 0) is 0 Å². The van der Waals surface area contributed by atoms with Gasteiger partial charge in [-0.25, -0.2) is 4.39 Å². The molecule has 2 atom stereocenters. The molecule has 0 aliphatic heterocycles. The van der Waals surface area contributed by atoms with E-state index in [1.807, 2.05) is 6.92 Å². The molecule has 0 nitrogen and oxygen atoms in total. The third-order valence-corrected chi connectivity index (χ3v) is 6.02. The first-order valence-electron chi connectivity index (χ1n) is 8.49. The summed E-state index contributed by atoms with van der Waals surface area (Å²) in [5, 5.41) is 0. The van der Waals surface area contributed by atoms with Crippen molar-refractivity contribution in [1.29, 1.82) is 0 Å². The molecule has 2 rings (SSSR count). The first-order valence-corrected chi connectivity index (χ1v) is 8.49. The van der Waals surface area contributed by atoms with Gasteiger partial charge in [0.2, 0.25) is 0 Å². The molecule has 0 N–H and O–H groups in total. The van der Waals surface area contributed by atoms with Gasteiger partial charge in [-0.1, -0.05) is 37.6 Å². The van der Waals surface area contributed by atoms with Gasteiger partial charge in [-0.2, -0.15) is 0 Å². The van der Waals surface area contributed by atoms with Crippen LogP contribution < -0.4 is 0 Å².